The molecule has 0 bridgehead atoms. The molecule has 2 fully saturated rings. The van der Waals surface area contributed by atoms with Gasteiger partial charge in [0.2, 0.25) is 0 Å². The van der Waals surface area contributed by atoms with Gasteiger partial charge in [-0.2, -0.15) is 5.10 Å². The van der Waals surface area contributed by atoms with E-state index in [1.165, 1.54) is 45.1 Å². The van der Waals surface area contributed by atoms with E-state index in [-0.39, 0.29) is 0 Å². The van der Waals surface area contributed by atoms with Crippen molar-refractivity contribution in [2.45, 2.75) is 51.2 Å². The van der Waals surface area contributed by atoms with Crippen molar-refractivity contribution in [2.24, 2.45) is 13.0 Å². The molecule has 1 aliphatic carbocycles. The molecule has 2 aliphatic rings. The van der Waals surface area contributed by atoms with Crippen LogP contribution in [-0.4, -0.2) is 31.8 Å². The van der Waals surface area contributed by atoms with E-state index in [0.29, 0.717) is 0 Å². The summed E-state index contributed by atoms with van der Waals surface area (Å²) < 4.78 is 4.87. The van der Waals surface area contributed by atoms with Crippen LogP contribution in [0.25, 0.3) is 11.4 Å². The van der Waals surface area contributed by atoms with Gasteiger partial charge in [-0.05, 0) is 43.8 Å². The Labute approximate surface area is 149 Å². The molecule has 1 saturated heterocycles. The van der Waals surface area contributed by atoms with E-state index in [4.69, 9.17) is 17.3 Å². The van der Waals surface area contributed by atoms with Gasteiger partial charge in [0.1, 0.15) is 0 Å². The van der Waals surface area contributed by atoms with Crippen LogP contribution in [0.4, 0.5) is 0 Å². The Balaban J connectivity index is 1.60. The summed E-state index contributed by atoms with van der Waals surface area (Å²) >= 11 is 5.67. The van der Waals surface area contributed by atoms with Crippen molar-refractivity contribution in [1.82, 2.24) is 19.2 Å². The van der Waals surface area contributed by atoms with Crippen LogP contribution in [0.2, 0.25) is 0 Å². The highest BCUT2D eigenvalue weighted by atomic mass is 32.1. The van der Waals surface area contributed by atoms with Crippen LogP contribution in [0.5, 0.6) is 0 Å². The summed E-state index contributed by atoms with van der Waals surface area (Å²) in [6.07, 6.45) is 8.26. The van der Waals surface area contributed by atoms with Crippen LogP contribution in [0.1, 0.15) is 38.5 Å². The molecule has 128 valence electrons. The Morgan fingerprint density at radius 3 is 2.67 bits per heavy atom. The third-order valence-corrected chi connectivity index (χ3v) is 6.23. The summed E-state index contributed by atoms with van der Waals surface area (Å²) in [5.41, 5.74) is 1.12. The fourth-order valence-corrected chi connectivity index (χ4v) is 4.68. The van der Waals surface area contributed by atoms with E-state index in [0.717, 1.165) is 34.8 Å². The summed E-state index contributed by atoms with van der Waals surface area (Å²) in [4.78, 5) is 2.63. The molecule has 0 N–H and O–H groups in total. The molecule has 1 aromatic heterocycles. The summed E-state index contributed by atoms with van der Waals surface area (Å²) in [6.45, 7) is 2.01. The second kappa shape index (κ2) is 6.81. The van der Waals surface area contributed by atoms with Gasteiger partial charge in [-0.15, -0.1) is 0 Å². The predicted octanol–water partition coefficient (Wildman–Crippen LogP) is 4.23. The lowest BCUT2D eigenvalue weighted by atomic mass is 9.78. The highest BCUT2D eigenvalue weighted by Gasteiger charge is 2.33. The Kier molecular flexibility index (Phi) is 4.55. The van der Waals surface area contributed by atoms with Crippen molar-refractivity contribution < 1.29 is 0 Å². The fourth-order valence-electron chi connectivity index (χ4n) is 4.49. The molecule has 4 rings (SSSR count). The maximum atomic E-state index is 5.67. The van der Waals surface area contributed by atoms with Crippen molar-refractivity contribution in [3.05, 3.63) is 35.1 Å². The molecular weight excluding hydrogens is 316 g/mol. The van der Waals surface area contributed by atoms with Gasteiger partial charge in [-0.1, -0.05) is 43.2 Å². The second-order valence-electron chi connectivity index (χ2n) is 7.24. The topological polar surface area (TPSA) is 26.0 Å². The number of nitrogens with zero attached hydrogens (tertiary/aromatic N) is 4. The number of aromatic nitrogens is 3. The van der Waals surface area contributed by atoms with Crippen molar-refractivity contribution in [3.8, 4) is 11.4 Å². The second-order valence-corrected chi connectivity index (χ2v) is 7.60. The minimum atomic E-state index is 0.733. The molecule has 2 atom stereocenters. The quantitative estimate of drug-likeness (QED) is 0.781. The van der Waals surface area contributed by atoms with Gasteiger partial charge in [0, 0.05) is 25.2 Å². The minimum Gasteiger partial charge on any atom is -0.303 e. The van der Waals surface area contributed by atoms with Gasteiger partial charge >= 0.3 is 0 Å². The maximum Gasteiger partial charge on any atom is 0.199 e. The molecule has 1 aromatic carbocycles. The third kappa shape index (κ3) is 2.95. The van der Waals surface area contributed by atoms with Gasteiger partial charge in [-0.3, -0.25) is 4.90 Å². The van der Waals surface area contributed by atoms with Gasteiger partial charge in [-0.25, -0.2) is 4.68 Å². The van der Waals surface area contributed by atoms with Crippen molar-refractivity contribution in [1.29, 1.82) is 0 Å². The summed E-state index contributed by atoms with van der Waals surface area (Å²) in [5.74, 6) is 1.84. The van der Waals surface area contributed by atoms with Gasteiger partial charge < -0.3 is 4.57 Å². The molecule has 1 aliphatic heterocycles. The zero-order valence-electron chi connectivity index (χ0n) is 14.4. The minimum absolute atomic E-state index is 0.733. The maximum absolute atomic E-state index is 5.67. The lowest BCUT2D eigenvalue weighted by Gasteiger charge is -2.43. The van der Waals surface area contributed by atoms with Crippen LogP contribution >= 0.6 is 12.2 Å². The zero-order valence-corrected chi connectivity index (χ0v) is 15.2. The Morgan fingerprint density at radius 1 is 1.08 bits per heavy atom. The first-order chi connectivity index (χ1) is 11.7. The predicted molar refractivity (Wildman–Crippen MR) is 99.2 cm³/mol. The molecule has 2 aromatic rings. The Bertz CT molecular complexity index is 746. The Hall–Kier alpha value is -1.46. The monoisotopic (exact) mass is 342 g/mol. The SMILES string of the molecule is Cn1c(-c2ccccc2)nn(CN2CCC[C@@H]3CCCC[C@@H]32)c1=S. The Morgan fingerprint density at radius 2 is 1.83 bits per heavy atom. The molecule has 4 nitrogen and oxygen atoms in total. The summed E-state index contributed by atoms with van der Waals surface area (Å²) in [7, 11) is 2.02. The number of piperidine rings is 1. The van der Waals surface area contributed by atoms with Crippen LogP contribution in [-0.2, 0) is 13.7 Å². The summed E-state index contributed by atoms with van der Waals surface area (Å²) in [6, 6.07) is 11.1. The highest BCUT2D eigenvalue weighted by Crippen LogP contribution is 2.35. The number of fused-ring (bicyclic) bond motifs is 1. The van der Waals surface area contributed by atoms with Gasteiger partial charge in [0.05, 0.1) is 6.67 Å². The zero-order chi connectivity index (χ0) is 16.5. The number of benzene rings is 1. The van der Waals surface area contributed by atoms with Crippen molar-refractivity contribution in [2.75, 3.05) is 6.54 Å². The normalized spacial score (nSPS) is 24.7. The summed E-state index contributed by atoms with van der Waals surface area (Å²) in [5, 5.41) is 4.85. The van der Waals surface area contributed by atoms with E-state index in [2.05, 4.69) is 29.2 Å². The van der Waals surface area contributed by atoms with Crippen LogP contribution in [0.15, 0.2) is 30.3 Å². The number of hydrogen-bond acceptors (Lipinski definition) is 3. The molecule has 1 saturated carbocycles. The lowest BCUT2D eigenvalue weighted by molar-refractivity contribution is 0.0323. The van der Waals surface area contributed by atoms with Crippen molar-refractivity contribution in [3.63, 3.8) is 0 Å². The molecule has 0 unspecified atom stereocenters. The molecule has 2 heterocycles. The van der Waals surface area contributed by atoms with Gasteiger partial charge in [0.25, 0.3) is 0 Å². The number of hydrogen-bond donors (Lipinski definition) is 0. The standard InChI is InChI=1S/C19H26N4S/c1-21-18(16-9-3-2-4-10-16)20-23(19(21)24)14-22-13-7-11-15-8-5-6-12-17(15)22/h2-4,9-10,15,17H,5-8,11-14H2,1H3/t15-,17-/m0/s1. The lowest BCUT2D eigenvalue weighted by Crippen LogP contribution is -2.47. The van der Waals surface area contributed by atoms with E-state index in [1.54, 1.807) is 0 Å². The largest absolute Gasteiger partial charge is 0.303 e. The fraction of sp³-hybridized carbons (Fsp3) is 0.579. The molecule has 0 spiro atoms. The first kappa shape index (κ1) is 16.0. The number of likely N-dealkylation sites (tertiary alicyclic amines) is 1. The van der Waals surface area contributed by atoms with Crippen LogP contribution in [0.3, 0.4) is 0 Å². The van der Waals surface area contributed by atoms with E-state index < -0.39 is 0 Å². The molecule has 24 heavy (non-hydrogen) atoms. The van der Waals surface area contributed by atoms with Crippen molar-refractivity contribution >= 4 is 12.2 Å². The third-order valence-electron chi connectivity index (χ3n) is 5.75. The first-order valence-corrected chi connectivity index (χ1v) is 9.58. The van der Waals surface area contributed by atoms with Crippen LogP contribution in [0, 0.1) is 10.7 Å². The molecule has 0 amide bonds. The highest BCUT2D eigenvalue weighted by molar-refractivity contribution is 7.71. The number of rotatable bonds is 3. The average molecular weight is 343 g/mol. The van der Waals surface area contributed by atoms with Gasteiger partial charge in [0.15, 0.2) is 10.6 Å². The van der Waals surface area contributed by atoms with E-state index >= 15 is 0 Å². The molecule has 5 heteroatoms. The van der Waals surface area contributed by atoms with Crippen LogP contribution < -0.4 is 0 Å². The van der Waals surface area contributed by atoms with E-state index in [1.807, 2.05) is 22.4 Å². The first-order valence-electron chi connectivity index (χ1n) is 9.17. The van der Waals surface area contributed by atoms with E-state index in [9.17, 15) is 0 Å². The molecular formula is C19H26N4S. The average Bonchev–Trinajstić information content (AvgIpc) is 2.91. The smallest absolute Gasteiger partial charge is 0.199 e. The molecule has 0 radical (unpaired) electrons.